The Labute approximate surface area is 217 Å². The molecule has 1 saturated heterocycles. The maximum atomic E-state index is 14.2. The van der Waals surface area contributed by atoms with Crippen LogP contribution in [0.3, 0.4) is 0 Å². The Morgan fingerprint density at radius 1 is 1.15 bits per heavy atom. The number of anilines is 4. The van der Waals surface area contributed by atoms with E-state index >= 15 is 0 Å². The fourth-order valence-electron chi connectivity index (χ4n) is 3.14. The average molecular weight is 591 g/mol. The van der Waals surface area contributed by atoms with Crippen molar-refractivity contribution in [1.29, 1.82) is 0 Å². The lowest BCUT2D eigenvalue weighted by Crippen LogP contribution is -2.37. The summed E-state index contributed by atoms with van der Waals surface area (Å²) in [5.41, 5.74) is 3.89. The molecular formula is C21H17BrCl3FN6O2. The number of hydrogen-bond donors (Lipinski definition) is 3. The van der Waals surface area contributed by atoms with Gasteiger partial charge in [-0.2, -0.15) is 10.1 Å². The molecular weight excluding hydrogens is 574 g/mol. The Morgan fingerprint density at radius 2 is 1.91 bits per heavy atom. The first-order chi connectivity index (χ1) is 16.3. The van der Waals surface area contributed by atoms with Crippen LogP contribution in [0.15, 0.2) is 40.0 Å². The van der Waals surface area contributed by atoms with E-state index in [1.807, 2.05) is 0 Å². The van der Waals surface area contributed by atoms with E-state index in [1.54, 1.807) is 29.2 Å². The second-order valence-corrected chi connectivity index (χ2v) is 9.15. The second kappa shape index (κ2) is 10.9. The van der Waals surface area contributed by atoms with E-state index in [9.17, 15) is 9.50 Å². The zero-order valence-corrected chi connectivity index (χ0v) is 21.2. The molecule has 1 aliphatic heterocycles. The van der Waals surface area contributed by atoms with Gasteiger partial charge in [0, 0.05) is 23.1 Å². The van der Waals surface area contributed by atoms with Gasteiger partial charge < -0.3 is 20.1 Å². The number of ether oxygens (including phenoxy) is 1. The fourth-order valence-corrected chi connectivity index (χ4v) is 4.33. The van der Waals surface area contributed by atoms with E-state index in [-0.39, 0.29) is 22.5 Å². The maximum Gasteiger partial charge on any atom is 0.245 e. The zero-order chi connectivity index (χ0) is 24.2. The third-order valence-electron chi connectivity index (χ3n) is 4.81. The van der Waals surface area contributed by atoms with E-state index in [2.05, 4.69) is 41.7 Å². The van der Waals surface area contributed by atoms with Crippen molar-refractivity contribution in [1.82, 2.24) is 9.97 Å². The number of aromatic nitrogens is 2. The molecule has 0 unspecified atom stereocenters. The molecule has 34 heavy (non-hydrogen) atoms. The topological polar surface area (TPSA) is 94.9 Å². The highest BCUT2D eigenvalue weighted by Gasteiger charge is 2.18. The molecule has 13 heteroatoms. The monoisotopic (exact) mass is 588 g/mol. The summed E-state index contributed by atoms with van der Waals surface area (Å²) in [6.07, 6.45) is 2.42. The lowest BCUT2D eigenvalue weighted by Gasteiger charge is -2.27. The van der Waals surface area contributed by atoms with Gasteiger partial charge in [-0.15, -0.1) is 0 Å². The number of aromatic hydroxyl groups is 1. The molecule has 178 valence electrons. The summed E-state index contributed by atoms with van der Waals surface area (Å²) < 4.78 is 20.2. The van der Waals surface area contributed by atoms with Crippen LogP contribution in [0.5, 0.6) is 5.75 Å². The largest absolute Gasteiger partial charge is 0.506 e. The van der Waals surface area contributed by atoms with Crippen molar-refractivity contribution in [2.45, 2.75) is 0 Å². The Morgan fingerprint density at radius 3 is 2.68 bits per heavy atom. The molecule has 0 radical (unpaired) electrons. The Hall–Kier alpha value is -2.37. The molecule has 8 nitrogen and oxygen atoms in total. The third-order valence-corrected chi connectivity index (χ3v) is 6.46. The molecule has 1 aromatic heterocycles. The first-order valence-electron chi connectivity index (χ1n) is 9.91. The van der Waals surface area contributed by atoms with Gasteiger partial charge in [0.05, 0.1) is 47.0 Å². The summed E-state index contributed by atoms with van der Waals surface area (Å²) in [4.78, 5) is 9.85. The maximum absolute atomic E-state index is 14.2. The lowest BCUT2D eigenvalue weighted by atomic mass is 10.2. The van der Waals surface area contributed by atoms with Gasteiger partial charge in [-0.3, -0.25) is 0 Å². The minimum atomic E-state index is -0.532. The number of nitrogens with one attached hydrogen (secondary N) is 2. The van der Waals surface area contributed by atoms with Gasteiger partial charge in [0.15, 0.2) is 11.6 Å². The number of phenols is 1. The highest BCUT2D eigenvalue weighted by molar-refractivity contribution is 9.10. The normalized spacial score (nSPS) is 14.0. The van der Waals surface area contributed by atoms with Gasteiger partial charge in [-0.25, -0.2) is 14.8 Å². The first-order valence-corrected chi connectivity index (χ1v) is 11.8. The highest BCUT2D eigenvalue weighted by atomic mass is 79.9. The molecule has 0 saturated carbocycles. The van der Waals surface area contributed by atoms with Crippen LogP contribution in [0.25, 0.3) is 0 Å². The van der Waals surface area contributed by atoms with E-state index in [0.717, 1.165) is 10.7 Å². The molecule has 0 amide bonds. The quantitative estimate of drug-likeness (QED) is 0.182. The standard InChI is InChI=1S/C21H17BrCl3FN6O2/c22-12-7-13(23)17(24)16(8-12)29-15-2-1-11(19(33)18(15)25)9-28-31-21-27-10-14(26)20(30-21)32-3-5-34-6-4-32/h1-2,7-10,29,33H,3-6H2,(H,27,30,31)/b28-9-. The molecule has 1 aliphatic rings. The highest BCUT2D eigenvalue weighted by Crippen LogP contribution is 2.39. The Balaban J connectivity index is 1.49. The third kappa shape index (κ3) is 5.64. The predicted molar refractivity (Wildman–Crippen MR) is 137 cm³/mol. The SMILES string of the molecule is Oc1c(/C=N\Nc2ncc(F)c(N3CCOCC3)n2)ccc(Nc2cc(Br)cc(Cl)c2Cl)c1Cl. The fraction of sp³-hybridized carbons (Fsp3) is 0.190. The van der Waals surface area contributed by atoms with Gasteiger partial charge in [-0.05, 0) is 24.3 Å². The van der Waals surface area contributed by atoms with E-state index in [4.69, 9.17) is 39.5 Å². The number of halogens is 5. The van der Waals surface area contributed by atoms with Crippen molar-refractivity contribution in [3.05, 3.63) is 61.4 Å². The smallest absolute Gasteiger partial charge is 0.245 e. The number of hydrogen-bond acceptors (Lipinski definition) is 8. The van der Waals surface area contributed by atoms with Gasteiger partial charge >= 0.3 is 0 Å². The van der Waals surface area contributed by atoms with Crippen LogP contribution in [-0.2, 0) is 4.74 Å². The van der Waals surface area contributed by atoms with Gasteiger partial charge in [0.2, 0.25) is 5.95 Å². The Bertz CT molecular complexity index is 1240. The number of nitrogens with zero attached hydrogens (tertiary/aromatic N) is 4. The summed E-state index contributed by atoms with van der Waals surface area (Å²) in [6, 6.07) is 6.65. The van der Waals surface area contributed by atoms with E-state index in [0.29, 0.717) is 53.3 Å². The van der Waals surface area contributed by atoms with Crippen molar-refractivity contribution < 1.29 is 14.2 Å². The van der Waals surface area contributed by atoms with Crippen LogP contribution < -0.4 is 15.6 Å². The second-order valence-electron chi connectivity index (χ2n) is 7.07. The molecule has 1 fully saturated rings. The molecule has 2 heterocycles. The molecule has 3 N–H and O–H groups in total. The summed E-state index contributed by atoms with van der Waals surface area (Å²) in [5, 5.41) is 18.3. The number of hydrazone groups is 1. The summed E-state index contributed by atoms with van der Waals surface area (Å²) in [5.74, 6) is -0.466. The molecule has 0 aliphatic carbocycles. The van der Waals surface area contributed by atoms with Crippen LogP contribution >= 0.6 is 50.7 Å². The molecule has 0 bridgehead atoms. The predicted octanol–water partition coefficient (Wildman–Crippen LogP) is 6.07. The average Bonchev–Trinajstić information content (AvgIpc) is 2.83. The van der Waals surface area contributed by atoms with Crippen molar-refractivity contribution >= 4 is 80.1 Å². The van der Waals surface area contributed by atoms with Crippen LogP contribution in [0.4, 0.5) is 27.5 Å². The van der Waals surface area contributed by atoms with Gasteiger partial charge in [-0.1, -0.05) is 50.7 Å². The number of rotatable bonds is 6. The minimum Gasteiger partial charge on any atom is -0.506 e. The number of morpholine rings is 1. The van der Waals surface area contributed by atoms with Crippen LogP contribution in [0, 0.1) is 5.82 Å². The van der Waals surface area contributed by atoms with Crippen molar-refractivity contribution in [3.8, 4) is 5.75 Å². The molecule has 2 aromatic carbocycles. The van der Waals surface area contributed by atoms with Crippen LogP contribution in [0.1, 0.15) is 5.56 Å². The first kappa shape index (κ1) is 24.7. The molecule has 0 atom stereocenters. The summed E-state index contributed by atoms with van der Waals surface area (Å²) in [7, 11) is 0. The van der Waals surface area contributed by atoms with Gasteiger partial charge in [0.1, 0.15) is 10.8 Å². The molecule has 4 rings (SSSR count). The molecule has 0 spiro atoms. The van der Waals surface area contributed by atoms with E-state index < -0.39 is 5.82 Å². The zero-order valence-electron chi connectivity index (χ0n) is 17.3. The van der Waals surface area contributed by atoms with Crippen molar-refractivity contribution in [2.75, 3.05) is 41.9 Å². The Kier molecular flexibility index (Phi) is 7.95. The van der Waals surface area contributed by atoms with Crippen molar-refractivity contribution in [2.24, 2.45) is 5.10 Å². The summed E-state index contributed by atoms with van der Waals surface area (Å²) >= 11 is 22.0. The van der Waals surface area contributed by atoms with Gasteiger partial charge in [0.25, 0.3) is 0 Å². The van der Waals surface area contributed by atoms with E-state index in [1.165, 1.54) is 6.21 Å². The lowest BCUT2D eigenvalue weighted by molar-refractivity contribution is 0.122. The van der Waals surface area contributed by atoms with Crippen LogP contribution in [0.2, 0.25) is 15.1 Å². The van der Waals surface area contributed by atoms with Crippen molar-refractivity contribution in [3.63, 3.8) is 0 Å². The molecule has 3 aromatic rings. The van der Waals surface area contributed by atoms with Crippen LogP contribution in [-0.4, -0.2) is 47.6 Å². The number of benzene rings is 2. The minimum absolute atomic E-state index is 0.0590. The summed E-state index contributed by atoms with van der Waals surface area (Å²) in [6.45, 7) is 2.05. The number of phenolic OH excluding ortho intramolecular Hbond substituents is 1.